The molecule has 21 heavy (non-hydrogen) atoms. The van der Waals surface area contributed by atoms with Crippen molar-refractivity contribution in [3.63, 3.8) is 0 Å². The van der Waals surface area contributed by atoms with Gasteiger partial charge in [-0.05, 0) is 53.8 Å². The third-order valence-electron chi connectivity index (χ3n) is 3.18. The van der Waals surface area contributed by atoms with Crippen LogP contribution in [0.1, 0.15) is 6.92 Å². The monoisotopic (exact) mass is 394 g/mol. The number of aromatic amines is 1. The van der Waals surface area contributed by atoms with E-state index >= 15 is 0 Å². The van der Waals surface area contributed by atoms with Crippen molar-refractivity contribution in [3.05, 3.63) is 40.0 Å². The van der Waals surface area contributed by atoms with Crippen LogP contribution in [0.5, 0.6) is 11.5 Å². The molecule has 0 radical (unpaired) electrons. The molecule has 0 aliphatic heterocycles. The molecule has 3 rings (SSSR count). The minimum atomic E-state index is 0.593. The maximum absolute atomic E-state index is 5.67. The summed E-state index contributed by atoms with van der Waals surface area (Å²) in [5.41, 5.74) is 2.97. The number of hydrogen-bond acceptors (Lipinski definition) is 3. The number of imidazole rings is 1. The molecule has 3 aromatic rings. The molecule has 2 aromatic carbocycles. The van der Waals surface area contributed by atoms with E-state index in [0.717, 1.165) is 37.5 Å². The van der Waals surface area contributed by atoms with E-state index in [-0.39, 0.29) is 0 Å². The number of nitrogens with zero attached hydrogens (tertiary/aromatic N) is 1. The smallest absolute Gasteiger partial charge is 0.174 e. The van der Waals surface area contributed by atoms with Crippen LogP contribution < -0.4 is 9.47 Å². The summed E-state index contributed by atoms with van der Waals surface area (Å²) < 4.78 is 12.1. The number of rotatable bonds is 4. The molecule has 0 bridgehead atoms. The third kappa shape index (κ3) is 2.70. The highest BCUT2D eigenvalue weighted by Gasteiger charge is 2.14. The number of fused-ring (bicyclic) bond motifs is 1. The molecule has 4 nitrogen and oxygen atoms in total. The van der Waals surface area contributed by atoms with Crippen LogP contribution in [0.4, 0.5) is 0 Å². The van der Waals surface area contributed by atoms with E-state index in [1.807, 2.05) is 43.3 Å². The van der Waals surface area contributed by atoms with Crippen LogP contribution in [-0.2, 0) is 0 Å². The minimum absolute atomic E-state index is 0.593. The van der Waals surface area contributed by atoms with Crippen molar-refractivity contribution in [2.45, 2.75) is 6.92 Å². The van der Waals surface area contributed by atoms with E-state index in [4.69, 9.17) is 9.47 Å². The Morgan fingerprint density at radius 3 is 2.76 bits per heavy atom. The first-order valence-corrected chi connectivity index (χ1v) is 7.76. The van der Waals surface area contributed by atoms with Gasteiger partial charge in [0.05, 0.1) is 28.3 Å². The zero-order chi connectivity index (χ0) is 14.8. The van der Waals surface area contributed by atoms with E-state index in [9.17, 15) is 0 Å². The van der Waals surface area contributed by atoms with E-state index in [1.165, 1.54) is 0 Å². The van der Waals surface area contributed by atoms with Gasteiger partial charge < -0.3 is 14.5 Å². The van der Waals surface area contributed by atoms with Crippen LogP contribution in [0.25, 0.3) is 22.4 Å². The fourth-order valence-corrected chi connectivity index (χ4v) is 3.08. The van der Waals surface area contributed by atoms with E-state index < -0.39 is 0 Å². The predicted molar refractivity (Wildman–Crippen MR) is 92.0 cm³/mol. The van der Waals surface area contributed by atoms with Crippen LogP contribution >= 0.6 is 22.6 Å². The fraction of sp³-hybridized carbons (Fsp3) is 0.188. The summed E-state index contributed by atoms with van der Waals surface area (Å²) in [7, 11) is 1.65. The maximum atomic E-state index is 5.67. The first kappa shape index (κ1) is 14.2. The second-order valence-electron chi connectivity index (χ2n) is 4.53. The van der Waals surface area contributed by atoms with Crippen molar-refractivity contribution in [2.24, 2.45) is 0 Å². The summed E-state index contributed by atoms with van der Waals surface area (Å²) >= 11 is 2.25. The van der Waals surface area contributed by atoms with Crippen LogP contribution in [-0.4, -0.2) is 23.7 Å². The summed E-state index contributed by atoms with van der Waals surface area (Å²) in [6, 6.07) is 12.0. The highest BCUT2D eigenvalue weighted by Crippen LogP contribution is 2.36. The molecule has 0 saturated heterocycles. The second-order valence-corrected chi connectivity index (χ2v) is 5.69. The number of H-pyrrole nitrogens is 1. The summed E-state index contributed by atoms with van der Waals surface area (Å²) in [6.07, 6.45) is 0. The molecule has 1 aromatic heterocycles. The summed E-state index contributed by atoms with van der Waals surface area (Å²) in [6.45, 7) is 2.55. The van der Waals surface area contributed by atoms with E-state index in [0.29, 0.717) is 6.61 Å². The predicted octanol–water partition coefficient (Wildman–Crippen LogP) is 4.24. The average molecular weight is 394 g/mol. The lowest BCUT2D eigenvalue weighted by molar-refractivity contribution is 0.310. The molecular formula is C16H15IN2O2. The van der Waals surface area contributed by atoms with Crippen molar-refractivity contribution in [2.75, 3.05) is 13.7 Å². The number of ether oxygens (including phenoxy) is 2. The lowest BCUT2D eigenvalue weighted by Gasteiger charge is -2.12. The van der Waals surface area contributed by atoms with Gasteiger partial charge in [-0.15, -0.1) is 0 Å². The molecule has 5 heteroatoms. The van der Waals surface area contributed by atoms with Crippen molar-refractivity contribution >= 4 is 33.6 Å². The highest BCUT2D eigenvalue weighted by molar-refractivity contribution is 14.1. The van der Waals surface area contributed by atoms with Gasteiger partial charge in [0.1, 0.15) is 5.82 Å². The topological polar surface area (TPSA) is 47.1 Å². The molecule has 0 aliphatic rings. The van der Waals surface area contributed by atoms with Gasteiger partial charge in [0.25, 0.3) is 0 Å². The number of para-hydroxylation sites is 2. The summed E-state index contributed by atoms with van der Waals surface area (Å²) in [4.78, 5) is 7.96. The van der Waals surface area contributed by atoms with Crippen molar-refractivity contribution in [3.8, 4) is 22.9 Å². The summed E-state index contributed by atoms with van der Waals surface area (Å²) in [5, 5.41) is 0. The lowest BCUT2D eigenvalue weighted by atomic mass is 10.2. The SMILES string of the molecule is CCOc1cc(-c2nc3ccccc3[nH]2)cc(I)c1OC. The van der Waals surface area contributed by atoms with Crippen molar-refractivity contribution < 1.29 is 9.47 Å². The Morgan fingerprint density at radius 1 is 1.24 bits per heavy atom. The summed E-state index contributed by atoms with van der Waals surface area (Å²) in [5.74, 6) is 2.33. The Hall–Kier alpha value is -1.76. The average Bonchev–Trinajstić information content (AvgIpc) is 2.91. The molecule has 0 fully saturated rings. The Balaban J connectivity index is 2.13. The largest absolute Gasteiger partial charge is 0.492 e. The van der Waals surface area contributed by atoms with Gasteiger partial charge in [-0.2, -0.15) is 0 Å². The van der Waals surface area contributed by atoms with Gasteiger partial charge in [-0.3, -0.25) is 0 Å². The Kier molecular flexibility index (Phi) is 4.01. The van der Waals surface area contributed by atoms with Crippen LogP contribution in [0.15, 0.2) is 36.4 Å². The molecule has 108 valence electrons. The molecule has 0 saturated carbocycles. The number of benzene rings is 2. The third-order valence-corrected chi connectivity index (χ3v) is 3.98. The molecule has 0 aliphatic carbocycles. The Morgan fingerprint density at radius 2 is 2.05 bits per heavy atom. The van der Waals surface area contributed by atoms with Gasteiger partial charge in [-0.25, -0.2) is 4.98 Å². The normalized spacial score (nSPS) is 10.8. The standard InChI is InChI=1S/C16H15IN2O2/c1-3-21-14-9-10(8-11(17)15(14)20-2)16-18-12-6-4-5-7-13(12)19-16/h4-9H,3H2,1-2H3,(H,18,19). The van der Waals surface area contributed by atoms with Gasteiger partial charge in [0.15, 0.2) is 11.5 Å². The first-order valence-electron chi connectivity index (χ1n) is 6.68. The number of methoxy groups -OCH3 is 1. The fourth-order valence-electron chi connectivity index (χ4n) is 2.26. The zero-order valence-corrected chi connectivity index (χ0v) is 14.0. The van der Waals surface area contributed by atoms with E-state index in [2.05, 4.69) is 32.6 Å². The zero-order valence-electron chi connectivity index (χ0n) is 11.8. The molecule has 0 spiro atoms. The number of halogens is 1. The first-order chi connectivity index (χ1) is 10.2. The van der Waals surface area contributed by atoms with Gasteiger partial charge >= 0.3 is 0 Å². The molecule has 0 atom stereocenters. The molecule has 1 N–H and O–H groups in total. The molecular weight excluding hydrogens is 379 g/mol. The second kappa shape index (κ2) is 5.93. The minimum Gasteiger partial charge on any atom is -0.492 e. The molecule has 0 amide bonds. The molecule has 0 unspecified atom stereocenters. The van der Waals surface area contributed by atoms with Crippen LogP contribution in [0.3, 0.4) is 0 Å². The lowest BCUT2D eigenvalue weighted by Crippen LogP contribution is -1.98. The maximum Gasteiger partial charge on any atom is 0.174 e. The van der Waals surface area contributed by atoms with Crippen molar-refractivity contribution in [1.82, 2.24) is 9.97 Å². The Bertz CT molecular complexity index is 750. The van der Waals surface area contributed by atoms with Gasteiger partial charge in [0.2, 0.25) is 0 Å². The van der Waals surface area contributed by atoms with Gasteiger partial charge in [0, 0.05) is 5.56 Å². The van der Waals surface area contributed by atoms with Crippen LogP contribution in [0, 0.1) is 3.57 Å². The highest BCUT2D eigenvalue weighted by atomic mass is 127. The quantitative estimate of drug-likeness (QED) is 0.674. The van der Waals surface area contributed by atoms with Gasteiger partial charge in [-0.1, -0.05) is 12.1 Å². The van der Waals surface area contributed by atoms with Crippen LogP contribution in [0.2, 0.25) is 0 Å². The molecule has 1 heterocycles. The number of aromatic nitrogens is 2. The van der Waals surface area contributed by atoms with E-state index in [1.54, 1.807) is 7.11 Å². The number of hydrogen-bond donors (Lipinski definition) is 1. The Labute approximate surface area is 136 Å². The number of nitrogens with one attached hydrogen (secondary N) is 1. The van der Waals surface area contributed by atoms with Crippen molar-refractivity contribution in [1.29, 1.82) is 0 Å².